The molecule has 0 aliphatic heterocycles. The van der Waals surface area contributed by atoms with Crippen LogP contribution < -0.4 is 0 Å². The lowest BCUT2D eigenvalue weighted by Gasteiger charge is -2.09. The van der Waals surface area contributed by atoms with Gasteiger partial charge in [0.1, 0.15) is 0 Å². The van der Waals surface area contributed by atoms with E-state index in [0.29, 0.717) is 12.0 Å². The van der Waals surface area contributed by atoms with E-state index in [1.54, 1.807) is 0 Å². The molecule has 0 unspecified atom stereocenters. The molecule has 0 heterocycles. The van der Waals surface area contributed by atoms with E-state index in [0.717, 1.165) is 6.07 Å². The first kappa shape index (κ1) is 12.3. The summed E-state index contributed by atoms with van der Waals surface area (Å²) < 4.78 is 25.4. The molecule has 0 radical (unpaired) electrons. The molecule has 1 rings (SSSR count). The molecule has 0 bridgehead atoms. The average molecular weight is 223 g/mol. The largest absolute Gasteiger partial charge is 0.294 e. The molecule has 0 fully saturated rings. The van der Waals surface area contributed by atoms with Crippen LogP contribution in [0.1, 0.15) is 47.3 Å². The molecule has 4 heteroatoms. The molecule has 0 aromatic heterocycles. The van der Waals surface area contributed by atoms with Gasteiger partial charge in [0.05, 0.1) is 11.6 Å². The summed E-state index contributed by atoms with van der Waals surface area (Å²) in [6.45, 7) is 3.05. The number of carbonyl (C=O) groups is 1. The molecule has 0 aliphatic rings. The molecule has 0 saturated carbocycles. The van der Waals surface area contributed by atoms with Gasteiger partial charge in [-0.05, 0) is 31.0 Å². The van der Waals surface area contributed by atoms with Crippen molar-refractivity contribution in [2.45, 2.75) is 26.7 Å². The zero-order valence-corrected chi connectivity index (χ0v) is 9.05. The number of hydrogen-bond acceptors (Lipinski definition) is 2. The lowest BCUT2D eigenvalue weighted by atomic mass is 9.95. The Balaban J connectivity index is 3.49. The number of rotatable bonds is 3. The summed E-state index contributed by atoms with van der Waals surface area (Å²) in [5, 5.41) is 8.81. The third-order valence-corrected chi connectivity index (χ3v) is 2.39. The second-order valence-corrected chi connectivity index (χ2v) is 3.42. The van der Waals surface area contributed by atoms with Gasteiger partial charge in [-0.3, -0.25) is 4.79 Å². The molecular weight excluding hydrogens is 212 g/mol. The Hall–Kier alpha value is -1.76. The highest BCUT2D eigenvalue weighted by atomic mass is 19.3. The van der Waals surface area contributed by atoms with Crippen molar-refractivity contribution in [2.75, 3.05) is 0 Å². The van der Waals surface area contributed by atoms with E-state index in [9.17, 15) is 13.6 Å². The maximum Gasteiger partial charge on any atom is 0.264 e. The van der Waals surface area contributed by atoms with Crippen LogP contribution in [0.15, 0.2) is 12.1 Å². The predicted molar refractivity (Wildman–Crippen MR) is 55.5 cm³/mol. The average Bonchev–Trinajstić information content (AvgIpc) is 2.26. The van der Waals surface area contributed by atoms with Gasteiger partial charge in [0.2, 0.25) is 0 Å². The molecule has 1 aromatic rings. The van der Waals surface area contributed by atoms with Crippen molar-refractivity contribution in [2.24, 2.45) is 0 Å². The maximum absolute atomic E-state index is 12.7. The van der Waals surface area contributed by atoms with Gasteiger partial charge >= 0.3 is 0 Å². The number of Topliss-reactive ketones (excluding diaryl/α,β-unsaturated/α-hetero) is 1. The number of nitrogens with zero attached hydrogens (tertiary/aromatic N) is 1. The van der Waals surface area contributed by atoms with Crippen LogP contribution >= 0.6 is 0 Å². The molecule has 2 nitrogen and oxygen atoms in total. The second kappa shape index (κ2) is 4.84. The number of alkyl halides is 2. The van der Waals surface area contributed by atoms with Gasteiger partial charge in [-0.25, -0.2) is 8.78 Å². The predicted octanol–water partition coefficient (Wildman–Crippen LogP) is 3.26. The Labute approximate surface area is 92.5 Å². The quantitative estimate of drug-likeness (QED) is 0.738. The molecule has 0 aliphatic carbocycles. The summed E-state index contributed by atoms with van der Waals surface area (Å²) in [5.41, 5.74) is 0.479. The number of halogens is 2. The fraction of sp³-hybridized carbons (Fsp3) is 0.333. The summed E-state index contributed by atoms with van der Waals surface area (Å²) in [4.78, 5) is 11.2. The Bertz CT molecular complexity index is 461. The fourth-order valence-electron chi connectivity index (χ4n) is 1.54. The van der Waals surface area contributed by atoms with Gasteiger partial charge in [-0.1, -0.05) is 6.92 Å². The topological polar surface area (TPSA) is 40.9 Å². The van der Waals surface area contributed by atoms with E-state index in [1.165, 1.54) is 13.0 Å². The van der Waals surface area contributed by atoms with Crippen LogP contribution in [-0.2, 0) is 6.42 Å². The van der Waals surface area contributed by atoms with E-state index in [2.05, 4.69) is 0 Å². The van der Waals surface area contributed by atoms with Crippen molar-refractivity contribution in [3.05, 3.63) is 34.4 Å². The first-order valence-corrected chi connectivity index (χ1v) is 4.87. The van der Waals surface area contributed by atoms with E-state index < -0.39 is 12.2 Å². The van der Waals surface area contributed by atoms with Crippen molar-refractivity contribution in [1.29, 1.82) is 5.26 Å². The lowest BCUT2D eigenvalue weighted by Crippen LogP contribution is -2.03. The van der Waals surface area contributed by atoms with Gasteiger partial charge in [0.25, 0.3) is 6.43 Å². The third kappa shape index (κ3) is 2.25. The van der Waals surface area contributed by atoms with Crippen molar-refractivity contribution in [1.82, 2.24) is 0 Å². The van der Waals surface area contributed by atoms with Gasteiger partial charge < -0.3 is 0 Å². The Kier molecular flexibility index (Phi) is 3.73. The smallest absolute Gasteiger partial charge is 0.264 e. The van der Waals surface area contributed by atoms with Gasteiger partial charge in [0, 0.05) is 11.1 Å². The zero-order valence-electron chi connectivity index (χ0n) is 9.05. The number of carbonyl (C=O) groups excluding carboxylic acids is 1. The normalized spacial score (nSPS) is 10.2. The highest BCUT2D eigenvalue weighted by Gasteiger charge is 2.18. The molecule has 0 saturated heterocycles. The lowest BCUT2D eigenvalue weighted by molar-refractivity contribution is 0.0999. The summed E-state index contributed by atoms with van der Waals surface area (Å²) in [5.74, 6) is -0.408. The van der Waals surface area contributed by atoms with Crippen molar-refractivity contribution >= 4 is 5.78 Å². The Morgan fingerprint density at radius 1 is 1.50 bits per heavy atom. The minimum atomic E-state index is -2.74. The van der Waals surface area contributed by atoms with E-state index in [-0.39, 0.29) is 16.7 Å². The number of ketones is 1. The molecule has 0 spiro atoms. The Morgan fingerprint density at radius 2 is 2.12 bits per heavy atom. The highest BCUT2D eigenvalue weighted by Crippen LogP contribution is 2.26. The molecular formula is C12H11F2NO. The van der Waals surface area contributed by atoms with Gasteiger partial charge in [-0.15, -0.1) is 0 Å². The summed E-state index contributed by atoms with van der Waals surface area (Å²) >= 11 is 0. The zero-order chi connectivity index (χ0) is 12.3. The fourth-order valence-corrected chi connectivity index (χ4v) is 1.54. The second-order valence-electron chi connectivity index (χ2n) is 3.42. The third-order valence-electron chi connectivity index (χ3n) is 2.39. The van der Waals surface area contributed by atoms with E-state index in [1.807, 2.05) is 13.0 Å². The van der Waals surface area contributed by atoms with Crippen molar-refractivity contribution in [3.8, 4) is 6.07 Å². The standard InChI is InChI=1S/C12H11F2NO/c1-3-8-4-10(7(2)16)11(12(13)14)5-9(8)6-15/h4-5,12H,3H2,1-2H3. The van der Waals surface area contributed by atoms with E-state index in [4.69, 9.17) is 5.26 Å². The van der Waals surface area contributed by atoms with Crippen LogP contribution in [0.3, 0.4) is 0 Å². The molecule has 0 atom stereocenters. The summed E-state index contributed by atoms with van der Waals surface area (Å²) in [6.07, 6.45) is -2.20. The minimum Gasteiger partial charge on any atom is -0.294 e. The van der Waals surface area contributed by atoms with Crippen LogP contribution in [0.5, 0.6) is 0 Å². The van der Waals surface area contributed by atoms with Crippen molar-refractivity contribution < 1.29 is 13.6 Å². The van der Waals surface area contributed by atoms with Gasteiger partial charge in [0.15, 0.2) is 5.78 Å². The molecule has 0 N–H and O–H groups in total. The maximum atomic E-state index is 12.7. The SMILES string of the molecule is CCc1cc(C(C)=O)c(C(F)F)cc1C#N. The van der Waals surface area contributed by atoms with Gasteiger partial charge in [-0.2, -0.15) is 5.26 Å². The van der Waals surface area contributed by atoms with Crippen LogP contribution in [0.2, 0.25) is 0 Å². The number of nitriles is 1. The minimum absolute atomic E-state index is 0.00542. The number of hydrogen-bond donors (Lipinski definition) is 0. The highest BCUT2D eigenvalue weighted by molar-refractivity contribution is 5.96. The molecule has 1 aromatic carbocycles. The van der Waals surface area contributed by atoms with Crippen LogP contribution in [0, 0.1) is 11.3 Å². The monoisotopic (exact) mass is 223 g/mol. The number of aryl methyl sites for hydroxylation is 1. The van der Waals surface area contributed by atoms with Crippen LogP contribution in [-0.4, -0.2) is 5.78 Å². The Morgan fingerprint density at radius 3 is 2.50 bits per heavy atom. The summed E-state index contributed by atoms with van der Waals surface area (Å²) in [7, 11) is 0. The first-order valence-electron chi connectivity index (χ1n) is 4.87. The molecule has 84 valence electrons. The summed E-state index contributed by atoms with van der Waals surface area (Å²) in [6, 6.07) is 4.37. The van der Waals surface area contributed by atoms with E-state index >= 15 is 0 Å². The van der Waals surface area contributed by atoms with Crippen LogP contribution in [0.4, 0.5) is 8.78 Å². The van der Waals surface area contributed by atoms with Crippen molar-refractivity contribution in [3.63, 3.8) is 0 Å². The molecule has 0 amide bonds. The van der Waals surface area contributed by atoms with Crippen LogP contribution in [0.25, 0.3) is 0 Å². The number of benzene rings is 1. The first-order chi connectivity index (χ1) is 7.51. The molecule has 16 heavy (non-hydrogen) atoms.